The van der Waals surface area contributed by atoms with Crippen molar-refractivity contribution < 1.29 is 0 Å². The highest BCUT2D eigenvalue weighted by Gasteiger charge is 2.12. The van der Waals surface area contributed by atoms with Crippen molar-refractivity contribution in [2.75, 3.05) is 5.32 Å². The van der Waals surface area contributed by atoms with E-state index < -0.39 is 0 Å². The van der Waals surface area contributed by atoms with Crippen molar-refractivity contribution in [3.05, 3.63) is 102 Å². The van der Waals surface area contributed by atoms with Crippen molar-refractivity contribution in [3.8, 4) is 5.69 Å². The summed E-state index contributed by atoms with van der Waals surface area (Å²) in [6, 6.07) is 32.4. The first-order valence-corrected chi connectivity index (χ1v) is 9.63. The Hall–Kier alpha value is -3.52. The molecule has 4 aromatic carbocycles. The third kappa shape index (κ3) is 2.84. The van der Waals surface area contributed by atoms with Crippen molar-refractivity contribution in [3.63, 3.8) is 0 Å². The average molecular weight is 362 g/mol. The van der Waals surface area contributed by atoms with Gasteiger partial charge in [0.05, 0.1) is 11.0 Å². The quantitative estimate of drug-likeness (QED) is 0.361. The summed E-state index contributed by atoms with van der Waals surface area (Å²) in [5, 5.41) is 6.11. The molecule has 5 rings (SSSR count). The molecule has 1 N–H and O–H groups in total. The number of nitrogens with zero attached hydrogens (tertiary/aromatic N) is 1. The highest BCUT2D eigenvalue weighted by Crippen LogP contribution is 2.34. The lowest BCUT2D eigenvalue weighted by Crippen LogP contribution is -1.94. The van der Waals surface area contributed by atoms with Crippen LogP contribution in [0, 0.1) is 13.8 Å². The molecular formula is C26H22N2. The molecule has 0 saturated heterocycles. The van der Waals surface area contributed by atoms with E-state index >= 15 is 0 Å². The lowest BCUT2D eigenvalue weighted by Gasteiger charge is -2.10. The van der Waals surface area contributed by atoms with E-state index in [4.69, 9.17) is 0 Å². The molecule has 0 saturated carbocycles. The molecule has 28 heavy (non-hydrogen) atoms. The van der Waals surface area contributed by atoms with Crippen LogP contribution in [0.5, 0.6) is 0 Å². The third-order valence-corrected chi connectivity index (χ3v) is 5.20. The van der Waals surface area contributed by atoms with Gasteiger partial charge in [0.2, 0.25) is 0 Å². The van der Waals surface area contributed by atoms with Gasteiger partial charge in [0.1, 0.15) is 0 Å². The van der Waals surface area contributed by atoms with E-state index in [9.17, 15) is 0 Å². The molecule has 0 amide bonds. The lowest BCUT2D eigenvalue weighted by atomic mass is 10.1. The molecule has 0 fully saturated rings. The van der Waals surface area contributed by atoms with Crippen molar-refractivity contribution >= 4 is 33.2 Å². The Bertz CT molecular complexity index is 1280. The summed E-state index contributed by atoms with van der Waals surface area (Å²) < 4.78 is 2.34. The molecule has 1 heterocycles. The minimum Gasteiger partial charge on any atom is -0.355 e. The number of nitrogens with one attached hydrogen (secondary N) is 1. The number of fused-ring (bicyclic) bond motifs is 3. The van der Waals surface area contributed by atoms with Crippen LogP contribution in [0.2, 0.25) is 0 Å². The van der Waals surface area contributed by atoms with E-state index in [0.717, 1.165) is 11.4 Å². The molecule has 0 atom stereocenters. The summed E-state index contributed by atoms with van der Waals surface area (Å²) in [5.74, 6) is 0. The first-order valence-electron chi connectivity index (χ1n) is 9.63. The highest BCUT2D eigenvalue weighted by molar-refractivity contribution is 6.10. The number of para-hydroxylation sites is 2. The Balaban J connectivity index is 1.69. The summed E-state index contributed by atoms with van der Waals surface area (Å²) >= 11 is 0. The number of hydrogen-bond donors (Lipinski definition) is 1. The van der Waals surface area contributed by atoms with Crippen molar-refractivity contribution in [2.45, 2.75) is 13.8 Å². The number of aryl methyl sites for hydroxylation is 2. The molecule has 0 aliphatic carbocycles. The zero-order chi connectivity index (χ0) is 19.1. The molecule has 5 aromatic rings. The minimum absolute atomic E-state index is 1.11. The summed E-state index contributed by atoms with van der Waals surface area (Å²) in [6.45, 7) is 4.27. The molecule has 0 aliphatic rings. The van der Waals surface area contributed by atoms with Gasteiger partial charge in [0.25, 0.3) is 0 Å². The SMILES string of the molecule is Cc1cc(C)cc(Nc2ccc3c(c2)c2ccccc2n3-c2ccccc2)c1. The maximum atomic E-state index is 3.58. The molecule has 0 unspecified atom stereocenters. The maximum absolute atomic E-state index is 3.58. The molecule has 2 nitrogen and oxygen atoms in total. The van der Waals surface area contributed by atoms with Gasteiger partial charge < -0.3 is 9.88 Å². The van der Waals surface area contributed by atoms with Crippen molar-refractivity contribution in [1.29, 1.82) is 0 Å². The number of rotatable bonds is 3. The fourth-order valence-electron chi connectivity index (χ4n) is 4.12. The standard InChI is InChI=1S/C26H22N2/c1-18-14-19(2)16-21(15-18)27-20-12-13-26-24(17-20)23-10-6-7-11-25(23)28(26)22-8-4-3-5-9-22/h3-17,27H,1-2H3. The summed E-state index contributed by atoms with van der Waals surface area (Å²) in [7, 11) is 0. The van der Waals surface area contributed by atoms with Crippen LogP contribution in [0.25, 0.3) is 27.5 Å². The third-order valence-electron chi connectivity index (χ3n) is 5.20. The van der Waals surface area contributed by atoms with E-state index in [1.54, 1.807) is 0 Å². The second kappa shape index (κ2) is 6.58. The molecule has 0 radical (unpaired) electrons. The molecule has 0 bridgehead atoms. The zero-order valence-corrected chi connectivity index (χ0v) is 16.1. The normalized spacial score (nSPS) is 11.2. The monoisotopic (exact) mass is 362 g/mol. The van der Waals surface area contributed by atoms with Gasteiger partial charge in [0.15, 0.2) is 0 Å². The minimum atomic E-state index is 1.11. The summed E-state index contributed by atoms with van der Waals surface area (Å²) in [4.78, 5) is 0. The van der Waals surface area contributed by atoms with Crippen molar-refractivity contribution in [2.24, 2.45) is 0 Å². The molecule has 0 aliphatic heterocycles. The highest BCUT2D eigenvalue weighted by atomic mass is 15.0. The Morgan fingerprint density at radius 3 is 2.04 bits per heavy atom. The molecule has 0 spiro atoms. The molecule has 1 aromatic heterocycles. The number of benzene rings is 4. The number of hydrogen-bond acceptors (Lipinski definition) is 1. The van der Waals surface area contributed by atoms with E-state index in [-0.39, 0.29) is 0 Å². The van der Waals surface area contributed by atoms with Crippen LogP contribution in [-0.4, -0.2) is 4.57 Å². The van der Waals surface area contributed by atoms with Crippen LogP contribution in [0.1, 0.15) is 11.1 Å². The van der Waals surface area contributed by atoms with Gasteiger partial charge in [-0.15, -0.1) is 0 Å². The van der Waals surface area contributed by atoms with Gasteiger partial charge in [0, 0.05) is 27.8 Å². The van der Waals surface area contributed by atoms with Crippen LogP contribution in [-0.2, 0) is 0 Å². The smallest absolute Gasteiger partial charge is 0.0542 e. The van der Waals surface area contributed by atoms with Crippen LogP contribution in [0.4, 0.5) is 11.4 Å². The number of anilines is 2. The Morgan fingerprint density at radius 2 is 1.25 bits per heavy atom. The first kappa shape index (κ1) is 16.6. The van der Waals surface area contributed by atoms with Gasteiger partial charge >= 0.3 is 0 Å². The zero-order valence-electron chi connectivity index (χ0n) is 16.1. The summed E-state index contributed by atoms with van der Waals surface area (Å²) in [6.07, 6.45) is 0. The maximum Gasteiger partial charge on any atom is 0.0542 e. The first-order chi connectivity index (χ1) is 13.7. The van der Waals surface area contributed by atoms with E-state index in [0.29, 0.717) is 0 Å². The Kier molecular flexibility index (Phi) is 3.91. The fraction of sp³-hybridized carbons (Fsp3) is 0.0769. The number of aromatic nitrogens is 1. The summed E-state index contributed by atoms with van der Waals surface area (Å²) in [5.41, 5.74) is 8.40. The van der Waals surface area contributed by atoms with Gasteiger partial charge in [-0.3, -0.25) is 0 Å². The van der Waals surface area contributed by atoms with Gasteiger partial charge in [-0.2, -0.15) is 0 Å². The Morgan fingerprint density at radius 1 is 0.571 bits per heavy atom. The predicted molar refractivity (Wildman–Crippen MR) is 120 cm³/mol. The van der Waals surface area contributed by atoms with E-state index in [1.807, 2.05) is 0 Å². The largest absolute Gasteiger partial charge is 0.355 e. The molecule has 2 heteroatoms. The van der Waals surface area contributed by atoms with Crippen LogP contribution < -0.4 is 5.32 Å². The molecular weight excluding hydrogens is 340 g/mol. The van der Waals surface area contributed by atoms with Crippen molar-refractivity contribution in [1.82, 2.24) is 4.57 Å². The topological polar surface area (TPSA) is 17.0 Å². The van der Waals surface area contributed by atoms with Crippen LogP contribution >= 0.6 is 0 Å². The predicted octanol–water partition coefficient (Wildman–Crippen LogP) is 7.14. The Labute approximate surface area is 165 Å². The lowest BCUT2D eigenvalue weighted by molar-refractivity contribution is 1.18. The second-order valence-corrected chi connectivity index (χ2v) is 7.42. The van der Waals surface area contributed by atoms with Crippen LogP contribution in [0.15, 0.2) is 91.0 Å². The van der Waals surface area contributed by atoms with Gasteiger partial charge in [-0.1, -0.05) is 42.5 Å². The van der Waals surface area contributed by atoms with Gasteiger partial charge in [-0.05, 0) is 73.5 Å². The van der Waals surface area contributed by atoms with Crippen LogP contribution in [0.3, 0.4) is 0 Å². The van der Waals surface area contributed by atoms with E-state index in [1.165, 1.54) is 38.6 Å². The second-order valence-electron chi connectivity index (χ2n) is 7.42. The average Bonchev–Trinajstić information content (AvgIpc) is 3.02. The fourth-order valence-corrected chi connectivity index (χ4v) is 4.12. The molecule has 136 valence electrons. The van der Waals surface area contributed by atoms with E-state index in [2.05, 4.69) is 115 Å². The van der Waals surface area contributed by atoms with Gasteiger partial charge in [-0.25, -0.2) is 0 Å².